The summed E-state index contributed by atoms with van der Waals surface area (Å²) in [6, 6.07) is 6.15. The summed E-state index contributed by atoms with van der Waals surface area (Å²) in [6.45, 7) is 10.9. The Labute approximate surface area is 111 Å². The lowest BCUT2D eigenvalue weighted by Crippen LogP contribution is -2.17. The SMILES string of the molecule is Cc1ccc(C)c(C(O)COC(C)CC(C)C)c1. The largest absolute Gasteiger partial charge is 0.386 e. The van der Waals surface area contributed by atoms with Gasteiger partial charge in [-0.3, -0.25) is 0 Å². The van der Waals surface area contributed by atoms with E-state index in [2.05, 4.69) is 26.8 Å². The van der Waals surface area contributed by atoms with E-state index in [1.54, 1.807) is 0 Å². The first-order chi connectivity index (χ1) is 8.40. The Kier molecular flexibility index (Phi) is 5.83. The van der Waals surface area contributed by atoms with Crippen LogP contribution in [0, 0.1) is 19.8 Å². The first-order valence-electron chi connectivity index (χ1n) is 6.77. The van der Waals surface area contributed by atoms with Gasteiger partial charge in [0.2, 0.25) is 0 Å². The van der Waals surface area contributed by atoms with Crippen molar-refractivity contribution in [1.82, 2.24) is 0 Å². The van der Waals surface area contributed by atoms with Crippen molar-refractivity contribution >= 4 is 0 Å². The Morgan fingerprint density at radius 3 is 2.44 bits per heavy atom. The van der Waals surface area contributed by atoms with Gasteiger partial charge in [0.1, 0.15) is 6.10 Å². The van der Waals surface area contributed by atoms with Gasteiger partial charge < -0.3 is 9.84 Å². The second-order valence-corrected chi connectivity index (χ2v) is 5.65. The summed E-state index contributed by atoms with van der Waals surface area (Å²) in [5.41, 5.74) is 3.27. The van der Waals surface area contributed by atoms with Gasteiger partial charge in [-0.05, 0) is 44.2 Å². The van der Waals surface area contributed by atoms with Crippen LogP contribution in [0.3, 0.4) is 0 Å². The highest BCUT2D eigenvalue weighted by Gasteiger charge is 2.13. The molecule has 0 aliphatic heterocycles. The van der Waals surface area contributed by atoms with Crippen molar-refractivity contribution in [2.45, 2.75) is 53.2 Å². The third kappa shape index (κ3) is 4.79. The summed E-state index contributed by atoms with van der Waals surface area (Å²) in [7, 11) is 0. The Bertz CT molecular complexity index is 371. The zero-order chi connectivity index (χ0) is 13.7. The van der Waals surface area contributed by atoms with E-state index in [1.165, 1.54) is 5.56 Å². The highest BCUT2D eigenvalue weighted by atomic mass is 16.5. The number of benzene rings is 1. The zero-order valence-electron chi connectivity index (χ0n) is 12.2. The molecule has 0 spiro atoms. The summed E-state index contributed by atoms with van der Waals surface area (Å²) in [6.07, 6.45) is 0.698. The summed E-state index contributed by atoms with van der Waals surface area (Å²) in [4.78, 5) is 0. The molecule has 0 fully saturated rings. The normalized spacial score (nSPS) is 14.8. The van der Waals surface area contributed by atoms with E-state index in [4.69, 9.17) is 4.74 Å². The molecule has 0 heterocycles. The molecule has 1 N–H and O–H groups in total. The molecule has 0 aliphatic rings. The maximum atomic E-state index is 10.2. The van der Waals surface area contributed by atoms with Gasteiger partial charge in [0.05, 0.1) is 12.7 Å². The number of aliphatic hydroxyl groups is 1. The fourth-order valence-corrected chi connectivity index (χ4v) is 2.20. The topological polar surface area (TPSA) is 29.5 Å². The van der Waals surface area contributed by atoms with Crippen molar-refractivity contribution in [2.75, 3.05) is 6.61 Å². The van der Waals surface area contributed by atoms with E-state index in [-0.39, 0.29) is 6.10 Å². The van der Waals surface area contributed by atoms with Crippen LogP contribution >= 0.6 is 0 Å². The van der Waals surface area contributed by atoms with E-state index in [1.807, 2.05) is 26.0 Å². The lowest BCUT2D eigenvalue weighted by atomic mass is 10.0. The van der Waals surface area contributed by atoms with Gasteiger partial charge in [0.25, 0.3) is 0 Å². The summed E-state index contributed by atoms with van der Waals surface area (Å²) in [5.74, 6) is 0.623. The maximum absolute atomic E-state index is 10.2. The number of hydrogen-bond acceptors (Lipinski definition) is 2. The molecular formula is C16H26O2. The Morgan fingerprint density at radius 1 is 1.17 bits per heavy atom. The monoisotopic (exact) mass is 250 g/mol. The van der Waals surface area contributed by atoms with E-state index < -0.39 is 6.10 Å². The molecule has 0 amide bonds. The van der Waals surface area contributed by atoms with Crippen molar-refractivity contribution in [2.24, 2.45) is 5.92 Å². The Balaban J connectivity index is 2.54. The first-order valence-corrected chi connectivity index (χ1v) is 6.77. The third-order valence-electron chi connectivity index (χ3n) is 3.14. The Morgan fingerprint density at radius 2 is 1.83 bits per heavy atom. The smallest absolute Gasteiger partial charge is 0.103 e. The fraction of sp³-hybridized carbons (Fsp3) is 0.625. The summed E-state index contributed by atoms with van der Waals surface area (Å²) < 4.78 is 5.71. The average molecular weight is 250 g/mol. The summed E-state index contributed by atoms with van der Waals surface area (Å²) in [5, 5.41) is 10.2. The van der Waals surface area contributed by atoms with Crippen LogP contribution in [-0.2, 0) is 4.74 Å². The second-order valence-electron chi connectivity index (χ2n) is 5.65. The van der Waals surface area contributed by atoms with Gasteiger partial charge in [-0.15, -0.1) is 0 Å². The van der Waals surface area contributed by atoms with Gasteiger partial charge in [0, 0.05) is 0 Å². The van der Waals surface area contributed by atoms with Crippen LogP contribution in [0.1, 0.15) is 50.0 Å². The van der Waals surface area contributed by atoms with Crippen LogP contribution in [0.15, 0.2) is 18.2 Å². The van der Waals surface area contributed by atoms with Crippen LogP contribution in [0.2, 0.25) is 0 Å². The molecule has 0 radical (unpaired) electrons. The van der Waals surface area contributed by atoms with E-state index >= 15 is 0 Å². The fourth-order valence-electron chi connectivity index (χ4n) is 2.20. The van der Waals surface area contributed by atoms with Gasteiger partial charge in [-0.25, -0.2) is 0 Å². The zero-order valence-corrected chi connectivity index (χ0v) is 12.2. The number of aryl methyl sites for hydroxylation is 2. The van der Waals surface area contributed by atoms with Gasteiger partial charge >= 0.3 is 0 Å². The van der Waals surface area contributed by atoms with Crippen LogP contribution in [0.4, 0.5) is 0 Å². The molecule has 1 aromatic carbocycles. The molecule has 0 saturated heterocycles. The molecule has 1 aromatic rings. The molecule has 2 unspecified atom stereocenters. The van der Waals surface area contributed by atoms with Crippen LogP contribution in [0.5, 0.6) is 0 Å². The molecule has 2 atom stereocenters. The summed E-state index contributed by atoms with van der Waals surface area (Å²) >= 11 is 0. The Hall–Kier alpha value is -0.860. The molecule has 102 valence electrons. The van der Waals surface area contributed by atoms with Gasteiger partial charge in [0.15, 0.2) is 0 Å². The van der Waals surface area contributed by atoms with Crippen molar-refractivity contribution in [3.05, 3.63) is 34.9 Å². The number of ether oxygens (including phenoxy) is 1. The molecule has 1 rings (SSSR count). The molecule has 0 bridgehead atoms. The quantitative estimate of drug-likeness (QED) is 0.832. The highest BCUT2D eigenvalue weighted by Crippen LogP contribution is 2.20. The molecule has 2 nitrogen and oxygen atoms in total. The number of rotatable bonds is 6. The van der Waals surface area contributed by atoms with Crippen molar-refractivity contribution in [3.63, 3.8) is 0 Å². The minimum absolute atomic E-state index is 0.199. The average Bonchev–Trinajstić information content (AvgIpc) is 2.28. The number of aliphatic hydroxyl groups excluding tert-OH is 1. The lowest BCUT2D eigenvalue weighted by Gasteiger charge is -2.19. The van der Waals surface area contributed by atoms with Crippen molar-refractivity contribution in [3.8, 4) is 0 Å². The molecule has 18 heavy (non-hydrogen) atoms. The molecule has 0 aliphatic carbocycles. The lowest BCUT2D eigenvalue weighted by molar-refractivity contribution is -0.0103. The van der Waals surface area contributed by atoms with Crippen molar-refractivity contribution in [1.29, 1.82) is 0 Å². The molecule has 0 saturated carbocycles. The van der Waals surface area contributed by atoms with E-state index in [9.17, 15) is 5.11 Å². The van der Waals surface area contributed by atoms with Crippen LogP contribution in [-0.4, -0.2) is 17.8 Å². The standard InChI is InChI=1S/C16H26O2/c1-11(2)8-14(5)18-10-16(17)15-9-12(3)6-7-13(15)4/h6-7,9,11,14,16-17H,8,10H2,1-5H3. The van der Waals surface area contributed by atoms with Gasteiger partial charge in [-0.2, -0.15) is 0 Å². The number of hydrogen-bond donors (Lipinski definition) is 1. The maximum Gasteiger partial charge on any atom is 0.103 e. The van der Waals surface area contributed by atoms with Crippen LogP contribution in [0.25, 0.3) is 0 Å². The predicted octanol–water partition coefficient (Wildman–Crippen LogP) is 3.79. The van der Waals surface area contributed by atoms with E-state index in [0.717, 1.165) is 17.5 Å². The third-order valence-corrected chi connectivity index (χ3v) is 3.14. The highest BCUT2D eigenvalue weighted by molar-refractivity contribution is 5.32. The molecular weight excluding hydrogens is 224 g/mol. The minimum atomic E-state index is -0.528. The second kappa shape index (κ2) is 6.91. The van der Waals surface area contributed by atoms with Gasteiger partial charge in [-0.1, -0.05) is 37.6 Å². The molecule has 2 heteroatoms. The van der Waals surface area contributed by atoms with Crippen LogP contribution < -0.4 is 0 Å². The predicted molar refractivity (Wildman–Crippen MR) is 75.7 cm³/mol. The van der Waals surface area contributed by atoms with Crippen molar-refractivity contribution < 1.29 is 9.84 Å². The van der Waals surface area contributed by atoms with E-state index in [0.29, 0.717) is 12.5 Å². The minimum Gasteiger partial charge on any atom is -0.386 e. The first kappa shape index (κ1) is 15.2. The molecule has 0 aromatic heterocycles.